The van der Waals surface area contributed by atoms with Crippen LogP contribution in [0.4, 0.5) is 0 Å². The Morgan fingerprint density at radius 2 is 1.29 bits per heavy atom. The third-order valence-corrected chi connectivity index (χ3v) is 17.1. The standard InChI is InChI=1S/C42H68O14/c1-37(2)12-14-42(36(52)56-35-32(51)30(49)28(47)24(19-44)54-35)15-13-40(6)20(21(42)16-37)8-9-26-39(5)17-22(45)33(38(3,4)25(39)10-11-41(26,40)7)55-34-31(50)29(48)27(46)23(18-43)53-34/h8,21-35,43-51H,9-19H2,1-7H3. The van der Waals surface area contributed by atoms with Gasteiger partial charge in [0.05, 0.1) is 30.8 Å². The molecule has 2 heterocycles. The minimum Gasteiger partial charge on any atom is -0.432 e. The van der Waals surface area contributed by atoms with Gasteiger partial charge in [0.15, 0.2) is 6.29 Å². The Labute approximate surface area is 330 Å². The first-order chi connectivity index (χ1) is 26.0. The molecule has 320 valence electrons. The van der Waals surface area contributed by atoms with Crippen LogP contribution in [0.2, 0.25) is 0 Å². The first-order valence-corrected chi connectivity index (χ1v) is 20.9. The summed E-state index contributed by atoms with van der Waals surface area (Å²) in [5.41, 5.74) is -1.07. The number of esters is 1. The number of hydrogen-bond donors (Lipinski definition) is 9. The van der Waals surface area contributed by atoms with E-state index in [4.69, 9.17) is 18.9 Å². The van der Waals surface area contributed by atoms with E-state index in [1.54, 1.807) is 0 Å². The Hall–Kier alpha value is -1.27. The molecule has 0 aromatic carbocycles. The number of rotatable bonds is 6. The Kier molecular flexibility index (Phi) is 11.0. The molecule has 2 aliphatic heterocycles. The number of fused-ring (bicyclic) bond motifs is 7. The van der Waals surface area contributed by atoms with Crippen LogP contribution < -0.4 is 0 Å². The lowest BCUT2D eigenvalue weighted by molar-refractivity contribution is -0.341. The lowest BCUT2D eigenvalue weighted by Crippen LogP contribution is -2.68. The number of carbonyl (C=O) groups excluding carboxylic acids is 1. The van der Waals surface area contributed by atoms with Crippen molar-refractivity contribution in [2.24, 2.45) is 50.2 Å². The summed E-state index contributed by atoms with van der Waals surface area (Å²) < 4.78 is 23.7. The third kappa shape index (κ3) is 6.21. The van der Waals surface area contributed by atoms with Gasteiger partial charge in [-0.15, -0.1) is 0 Å². The van der Waals surface area contributed by atoms with Crippen molar-refractivity contribution >= 4 is 5.97 Å². The number of allylic oxidation sites excluding steroid dienone is 2. The molecule has 14 nitrogen and oxygen atoms in total. The van der Waals surface area contributed by atoms with E-state index in [1.807, 2.05) is 0 Å². The van der Waals surface area contributed by atoms with E-state index in [-0.39, 0.29) is 39.4 Å². The number of aliphatic hydroxyl groups is 9. The van der Waals surface area contributed by atoms with Gasteiger partial charge in [-0.2, -0.15) is 0 Å². The summed E-state index contributed by atoms with van der Waals surface area (Å²) in [5.74, 6) is -0.351. The molecule has 0 amide bonds. The summed E-state index contributed by atoms with van der Waals surface area (Å²) >= 11 is 0. The first kappa shape index (κ1) is 42.8. The van der Waals surface area contributed by atoms with Gasteiger partial charge in [-0.3, -0.25) is 4.79 Å². The van der Waals surface area contributed by atoms with Crippen molar-refractivity contribution in [1.82, 2.24) is 0 Å². The predicted octanol–water partition coefficient (Wildman–Crippen LogP) is 1.29. The Morgan fingerprint density at radius 1 is 0.714 bits per heavy atom. The number of ether oxygens (including phenoxy) is 4. The first-order valence-electron chi connectivity index (χ1n) is 20.9. The fourth-order valence-corrected chi connectivity index (χ4v) is 13.7. The monoisotopic (exact) mass is 796 g/mol. The highest BCUT2D eigenvalue weighted by atomic mass is 16.7. The molecule has 14 heteroatoms. The molecule has 7 rings (SSSR count). The van der Waals surface area contributed by atoms with Crippen molar-refractivity contribution in [1.29, 1.82) is 0 Å². The van der Waals surface area contributed by atoms with Crippen molar-refractivity contribution < 1.29 is 69.7 Å². The quantitative estimate of drug-likeness (QED) is 0.105. The molecule has 19 unspecified atom stereocenters. The van der Waals surface area contributed by atoms with Crippen molar-refractivity contribution in [3.8, 4) is 0 Å². The number of aliphatic hydroxyl groups excluding tert-OH is 9. The zero-order valence-electron chi connectivity index (χ0n) is 34.1. The third-order valence-electron chi connectivity index (χ3n) is 17.1. The van der Waals surface area contributed by atoms with Crippen LogP contribution in [0.3, 0.4) is 0 Å². The highest BCUT2D eigenvalue weighted by molar-refractivity contribution is 5.79. The van der Waals surface area contributed by atoms with Crippen LogP contribution in [0.1, 0.15) is 106 Å². The van der Waals surface area contributed by atoms with E-state index in [0.29, 0.717) is 19.3 Å². The maximum absolute atomic E-state index is 14.6. The summed E-state index contributed by atoms with van der Waals surface area (Å²) in [6, 6.07) is 0. The van der Waals surface area contributed by atoms with Gasteiger partial charge in [0.1, 0.15) is 48.8 Å². The zero-order chi connectivity index (χ0) is 41.1. The van der Waals surface area contributed by atoms with Crippen molar-refractivity contribution in [3.63, 3.8) is 0 Å². The highest BCUT2D eigenvalue weighted by Gasteiger charge is 2.71. The van der Waals surface area contributed by atoms with Crippen LogP contribution in [-0.4, -0.2) is 139 Å². The second kappa shape index (κ2) is 14.4. The predicted molar refractivity (Wildman–Crippen MR) is 199 cm³/mol. The van der Waals surface area contributed by atoms with Crippen LogP contribution >= 0.6 is 0 Å². The molecule has 0 radical (unpaired) electrons. The SMILES string of the molecule is CC1(C)CCC2(C(=O)OC3OC(CO)C(O)C(O)C3O)CCC3(C)C(=CCC4C5(C)CC(O)C(OC6OC(CO)C(O)C(O)C6O)C(C)(C)C5CCC43C)C2C1. The van der Waals surface area contributed by atoms with Crippen LogP contribution in [0, 0.1) is 50.2 Å². The lowest BCUT2D eigenvalue weighted by Gasteiger charge is -2.71. The van der Waals surface area contributed by atoms with Gasteiger partial charge in [-0.25, -0.2) is 0 Å². The largest absolute Gasteiger partial charge is 0.432 e. The van der Waals surface area contributed by atoms with E-state index in [0.717, 1.165) is 38.5 Å². The zero-order valence-corrected chi connectivity index (χ0v) is 34.1. The molecule has 0 aromatic heterocycles. The van der Waals surface area contributed by atoms with E-state index < -0.39 is 104 Å². The molecule has 6 fully saturated rings. The second-order valence-electron chi connectivity index (χ2n) is 20.8. The molecule has 2 saturated heterocycles. The molecular weight excluding hydrogens is 728 g/mol. The lowest BCUT2D eigenvalue weighted by atomic mass is 9.33. The summed E-state index contributed by atoms with van der Waals surface area (Å²) in [7, 11) is 0. The van der Waals surface area contributed by atoms with E-state index in [9.17, 15) is 50.8 Å². The average molecular weight is 797 g/mol. The van der Waals surface area contributed by atoms with Crippen LogP contribution in [0.5, 0.6) is 0 Å². The molecule has 4 saturated carbocycles. The fraction of sp³-hybridized carbons (Fsp3) is 0.929. The Morgan fingerprint density at radius 3 is 1.89 bits per heavy atom. The summed E-state index contributed by atoms with van der Waals surface area (Å²) in [6.07, 6.45) is -7.70. The fourth-order valence-electron chi connectivity index (χ4n) is 13.7. The maximum Gasteiger partial charge on any atom is 0.315 e. The van der Waals surface area contributed by atoms with Crippen LogP contribution in [0.15, 0.2) is 11.6 Å². The van der Waals surface area contributed by atoms with Crippen LogP contribution in [-0.2, 0) is 23.7 Å². The second-order valence-corrected chi connectivity index (χ2v) is 20.8. The number of carbonyl (C=O) groups is 1. The smallest absolute Gasteiger partial charge is 0.315 e. The number of hydrogen-bond acceptors (Lipinski definition) is 14. The summed E-state index contributed by atoms with van der Waals surface area (Å²) in [5, 5.41) is 94.7. The van der Waals surface area contributed by atoms with Gasteiger partial charge in [-0.1, -0.05) is 60.1 Å². The van der Waals surface area contributed by atoms with Gasteiger partial charge >= 0.3 is 5.97 Å². The molecule has 0 aromatic rings. The van der Waals surface area contributed by atoms with Crippen molar-refractivity contribution in [3.05, 3.63) is 11.6 Å². The summed E-state index contributed by atoms with van der Waals surface area (Å²) in [4.78, 5) is 14.6. The normalized spacial score (nSPS) is 53.7. The minimum atomic E-state index is -1.68. The molecule has 5 aliphatic carbocycles. The molecule has 0 bridgehead atoms. The van der Waals surface area contributed by atoms with Crippen molar-refractivity contribution in [2.75, 3.05) is 13.2 Å². The molecule has 0 spiro atoms. The Bertz CT molecular complexity index is 1520. The minimum absolute atomic E-state index is 0.0501. The van der Waals surface area contributed by atoms with Crippen molar-refractivity contribution in [2.45, 2.75) is 180 Å². The van der Waals surface area contributed by atoms with Gasteiger partial charge in [0, 0.05) is 0 Å². The molecular formula is C42H68O14. The Balaban J connectivity index is 1.17. The molecule has 9 N–H and O–H groups in total. The molecule has 7 aliphatic rings. The molecule has 56 heavy (non-hydrogen) atoms. The van der Waals surface area contributed by atoms with Gasteiger partial charge in [0.25, 0.3) is 0 Å². The van der Waals surface area contributed by atoms with Gasteiger partial charge in [-0.05, 0) is 103 Å². The topological polar surface area (TPSA) is 236 Å². The highest BCUT2D eigenvalue weighted by Crippen LogP contribution is 2.76. The molecule has 19 atom stereocenters. The van der Waals surface area contributed by atoms with E-state index >= 15 is 0 Å². The van der Waals surface area contributed by atoms with Crippen LogP contribution in [0.25, 0.3) is 0 Å². The van der Waals surface area contributed by atoms with E-state index in [1.165, 1.54) is 5.57 Å². The maximum atomic E-state index is 14.6. The van der Waals surface area contributed by atoms with Gasteiger partial charge in [0.2, 0.25) is 6.29 Å². The average Bonchev–Trinajstić information content (AvgIpc) is 3.13. The van der Waals surface area contributed by atoms with Gasteiger partial charge < -0.3 is 64.9 Å². The summed E-state index contributed by atoms with van der Waals surface area (Å²) in [6.45, 7) is 14.5. The van der Waals surface area contributed by atoms with E-state index in [2.05, 4.69) is 54.5 Å².